The lowest BCUT2D eigenvalue weighted by molar-refractivity contribution is -0.147. The van der Waals surface area contributed by atoms with Gasteiger partial charge in [-0.3, -0.25) is 4.79 Å². The fourth-order valence-electron chi connectivity index (χ4n) is 3.24. The van der Waals surface area contributed by atoms with Gasteiger partial charge < -0.3 is 9.84 Å². The van der Waals surface area contributed by atoms with Gasteiger partial charge in [-0.2, -0.15) is 4.31 Å². The molecule has 1 unspecified atom stereocenters. The van der Waals surface area contributed by atoms with E-state index in [1.165, 1.54) is 4.31 Å². The molecule has 2 aliphatic heterocycles. The van der Waals surface area contributed by atoms with E-state index in [0.717, 1.165) is 6.42 Å². The van der Waals surface area contributed by atoms with E-state index in [1.807, 2.05) is 13.8 Å². The van der Waals surface area contributed by atoms with Crippen LogP contribution in [0.3, 0.4) is 0 Å². The Morgan fingerprint density at radius 3 is 2.45 bits per heavy atom. The van der Waals surface area contributed by atoms with E-state index in [1.54, 1.807) is 0 Å². The molecule has 0 aromatic carbocycles. The van der Waals surface area contributed by atoms with Gasteiger partial charge in [0, 0.05) is 19.8 Å². The van der Waals surface area contributed by atoms with Crippen molar-refractivity contribution in [3.8, 4) is 0 Å². The van der Waals surface area contributed by atoms with Crippen LogP contribution in [0.25, 0.3) is 0 Å². The Morgan fingerprint density at radius 2 is 1.90 bits per heavy atom. The Balaban J connectivity index is 2.30. The Bertz CT molecular complexity index is 467. The van der Waals surface area contributed by atoms with Gasteiger partial charge >= 0.3 is 5.97 Å². The molecule has 0 bridgehead atoms. The molecule has 20 heavy (non-hydrogen) atoms. The number of carboxylic acids is 1. The Hall–Kier alpha value is -0.660. The van der Waals surface area contributed by atoms with Gasteiger partial charge in [0.2, 0.25) is 10.0 Å². The summed E-state index contributed by atoms with van der Waals surface area (Å²) in [5, 5.41) is 8.97. The van der Waals surface area contributed by atoms with Crippen molar-refractivity contribution in [2.45, 2.75) is 50.8 Å². The highest BCUT2D eigenvalue weighted by molar-refractivity contribution is 7.89. The van der Waals surface area contributed by atoms with Crippen molar-refractivity contribution in [2.24, 2.45) is 5.41 Å². The maximum Gasteiger partial charge on any atom is 0.322 e. The maximum atomic E-state index is 12.8. The number of piperidine rings is 1. The molecule has 6 nitrogen and oxygen atoms in total. The van der Waals surface area contributed by atoms with Crippen LogP contribution >= 0.6 is 0 Å². The number of hydrogen-bond acceptors (Lipinski definition) is 4. The summed E-state index contributed by atoms with van der Waals surface area (Å²) in [6.45, 7) is 4.83. The normalized spacial score (nSPS) is 29.2. The van der Waals surface area contributed by atoms with Gasteiger partial charge in [0.05, 0.1) is 5.25 Å². The summed E-state index contributed by atoms with van der Waals surface area (Å²) in [7, 11) is -3.58. The summed E-state index contributed by atoms with van der Waals surface area (Å²) in [5.41, 5.74) is -0.539. The Labute approximate surface area is 120 Å². The monoisotopic (exact) mass is 305 g/mol. The molecule has 1 atom stereocenters. The largest absolute Gasteiger partial charge is 0.480 e. The molecular formula is C13H23NO5S. The number of carboxylic acid groups (broad SMARTS) is 1. The second-order valence-corrected chi connectivity index (χ2v) is 8.47. The van der Waals surface area contributed by atoms with Crippen LogP contribution < -0.4 is 0 Å². The minimum Gasteiger partial charge on any atom is -0.480 e. The van der Waals surface area contributed by atoms with E-state index in [0.29, 0.717) is 39.0 Å². The van der Waals surface area contributed by atoms with Gasteiger partial charge in [-0.25, -0.2) is 8.42 Å². The molecule has 0 amide bonds. The molecule has 7 heteroatoms. The fourth-order valence-corrected chi connectivity index (χ4v) is 5.47. The van der Waals surface area contributed by atoms with Gasteiger partial charge in [-0.1, -0.05) is 13.8 Å². The van der Waals surface area contributed by atoms with E-state index in [9.17, 15) is 18.3 Å². The lowest BCUT2D eigenvalue weighted by Crippen LogP contribution is -2.58. The first-order chi connectivity index (χ1) is 9.27. The summed E-state index contributed by atoms with van der Waals surface area (Å²) >= 11 is 0. The number of rotatable bonds is 3. The highest BCUT2D eigenvalue weighted by Crippen LogP contribution is 2.38. The van der Waals surface area contributed by atoms with Crippen LogP contribution in [-0.2, 0) is 19.6 Å². The first kappa shape index (κ1) is 15.7. The summed E-state index contributed by atoms with van der Waals surface area (Å²) < 4.78 is 31.9. The van der Waals surface area contributed by atoms with Crippen molar-refractivity contribution in [1.82, 2.24) is 4.31 Å². The molecular weight excluding hydrogens is 282 g/mol. The number of carbonyl (C=O) groups is 1. The van der Waals surface area contributed by atoms with Gasteiger partial charge in [-0.15, -0.1) is 0 Å². The van der Waals surface area contributed by atoms with Crippen molar-refractivity contribution in [1.29, 1.82) is 0 Å². The molecule has 0 aromatic rings. The summed E-state index contributed by atoms with van der Waals surface area (Å²) in [4.78, 5) is 11.6. The Kier molecular flexibility index (Phi) is 4.41. The van der Waals surface area contributed by atoms with E-state index in [4.69, 9.17) is 4.74 Å². The minimum atomic E-state index is -3.58. The molecule has 2 aliphatic rings. The number of sulfonamides is 1. The van der Waals surface area contributed by atoms with E-state index >= 15 is 0 Å². The first-order valence-corrected chi connectivity index (χ1v) is 8.58. The lowest BCUT2D eigenvalue weighted by atomic mass is 9.77. The zero-order valence-electron chi connectivity index (χ0n) is 12.0. The highest BCUT2D eigenvalue weighted by Gasteiger charge is 2.49. The molecule has 2 rings (SSSR count). The van der Waals surface area contributed by atoms with Gasteiger partial charge in [-0.05, 0) is 31.1 Å². The zero-order chi connectivity index (χ0) is 15.0. The third kappa shape index (κ3) is 2.84. The third-order valence-corrected chi connectivity index (χ3v) is 6.74. The maximum absolute atomic E-state index is 12.8. The standard InChI is InChI=1S/C13H23NO5S/c1-13(2)6-3-7-14(11(13)12(15)16)20(17,18)10-4-8-19-9-5-10/h10-11H,3-9H2,1-2H3,(H,15,16). The first-order valence-electron chi connectivity index (χ1n) is 7.08. The molecule has 0 aliphatic carbocycles. The fraction of sp³-hybridized carbons (Fsp3) is 0.923. The summed E-state index contributed by atoms with van der Waals surface area (Å²) in [5.74, 6) is -1.05. The van der Waals surface area contributed by atoms with E-state index in [-0.39, 0.29) is 0 Å². The Morgan fingerprint density at radius 1 is 1.30 bits per heavy atom. The predicted molar refractivity (Wildman–Crippen MR) is 73.9 cm³/mol. The quantitative estimate of drug-likeness (QED) is 0.843. The second-order valence-electron chi connectivity index (χ2n) is 6.30. The highest BCUT2D eigenvalue weighted by atomic mass is 32.2. The second kappa shape index (κ2) is 5.61. The molecule has 0 spiro atoms. The van der Waals surface area contributed by atoms with Gasteiger partial charge in [0.15, 0.2) is 0 Å². The third-order valence-electron chi connectivity index (χ3n) is 4.38. The molecule has 2 heterocycles. The lowest BCUT2D eigenvalue weighted by Gasteiger charge is -2.44. The van der Waals surface area contributed by atoms with Crippen molar-refractivity contribution in [3.05, 3.63) is 0 Å². The number of aliphatic carboxylic acids is 1. The molecule has 0 radical (unpaired) electrons. The molecule has 0 saturated carbocycles. The van der Waals surface area contributed by atoms with Crippen LogP contribution in [0.2, 0.25) is 0 Å². The van der Waals surface area contributed by atoms with E-state index < -0.39 is 32.7 Å². The van der Waals surface area contributed by atoms with Crippen molar-refractivity contribution < 1.29 is 23.1 Å². The van der Waals surface area contributed by atoms with Crippen LogP contribution in [0, 0.1) is 5.41 Å². The number of nitrogens with zero attached hydrogens (tertiary/aromatic N) is 1. The SMILES string of the molecule is CC1(C)CCCN(S(=O)(=O)C2CCOCC2)C1C(=O)O. The molecule has 2 fully saturated rings. The van der Waals surface area contributed by atoms with Gasteiger partial charge in [0.1, 0.15) is 6.04 Å². The zero-order valence-corrected chi connectivity index (χ0v) is 12.9. The van der Waals surface area contributed by atoms with Crippen molar-refractivity contribution in [3.63, 3.8) is 0 Å². The minimum absolute atomic E-state index is 0.306. The topological polar surface area (TPSA) is 83.9 Å². The average molecular weight is 305 g/mol. The molecule has 1 N–H and O–H groups in total. The molecule has 0 aromatic heterocycles. The van der Waals surface area contributed by atoms with E-state index in [2.05, 4.69) is 0 Å². The van der Waals surface area contributed by atoms with Crippen molar-refractivity contribution in [2.75, 3.05) is 19.8 Å². The summed E-state index contributed by atoms with van der Waals surface area (Å²) in [6.07, 6.45) is 2.33. The molecule has 2 saturated heterocycles. The summed E-state index contributed by atoms with van der Waals surface area (Å²) in [6, 6.07) is -0.968. The van der Waals surface area contributed by atoms with Crippen LogP contribution in [0.15, 0.2) is 0 Å². The van der Waals surface area contributed by atoms with Crippen LogP contribution in [-0.4, -0.2) is 54.8 Å². The van der Waals surface area contributed by atoms with Crippen LogP contribution in [0.1, 0.15) is 39.5 Å². The smallest absolute Gasteiger partial charge is 0.322 e. The average Bonchev–Trinajstić information content (AvgIpc) is 2.37. The van der Waals surface area contributed by atoms with Crippen molar-refractivity contribution >= 4 is 16.0 Å². The number of hydrogen-bond donors (Lipinski definition) is 1. The number of ether oxygens (including phenoxy) is 1. The predicted octanol–water partition coefficient (Wildman–Crippen LogP) is 1.07. The van der Waals surface area contributed by atoms with Crippen LogP contribution in [0.4, 0.5) is 0 Å². The van der Waals surface area contributed by atoms with Crippen LogP contribution in [0.5, 0.6) is 0 Å². The molecule has 116 valence electrons. The van der Waals surface area contributed by atoms with Gasteiger partial charge in [0.25, 0.3) is 0 Å².